The summed E-state index contributed by atoms with van der Waals surface area (Å²) in [6.07, 6.45) is 1.92. The minimum Gasteiger partial charge on any atom is -0.489 e. The number of hydrogen-bond acceptors (Lipinski definition) is 9. The first-order valence-corrected chi connectivity index (χ1v) is 16.5. The molecule has 3 heterocycles. The number of amides is 2. The topological polar surface area (TPSA) is 154 Å². The molecule has 2 aliphatic rings. The number of sulfone groups is 1. The number of rotatable bonds is 10. The Hall–Kier alpha value is -4.10. The molecule has 1 saturated heterocycles. The Morgan fingerprint density at radius 1 is 1.16 bits per heavy atom. The van der Waals surface area contributed by atoms with E-state index in [1.165, 1.54) is 17.2 Å². The molecule has 2 amide bonds. The summed E-state index contributed by atoms with van der Waals surface area (Å²) in [5, 5.41) is 15.7. The summed E-state index contributed by atoms with van der Waals surface area (Å²) in [4.78, 5) is 37.0. The van der Waals surface area contributed by atoms with Gasteiger partial charge in [0.05, 0.1) is 34.3 Å². The maximum absolute atomic E-state index is 13.5. The van der Waals surface area contributed by atoms with Gasteiger partial charge in [-0.2, -0.15) is 4.98 Å². The van der Waals surface area contributed by atoms with E-state index in [2.05, 4.69) is 20.6 Å². The van der Waals surface area contributed by atoms with E-state index in [1.54, 1.807) is 36.1 Å². The minimum atomic E-state index is -3.53. The van der Waals surface area contributed by atoms with E-state index < -0.39 is 15.9 Å². The molecule has 0 saturated carbocycles. The number of carbonyl (C=O) groups is 2. The van der Waals surface area contributed by atoms with Crippen molar-refractivity contribution in [3.8, 4) is 5.75 Å². The third-order valence-corrected chi connectivity index (χ3v) is 9.76. The Morgan fingerprint density at radius 2 is 1.89 bits per heavy atom. The Morgan fingerprint density at radius 3 is 2.57 bits per heavy atom. The maximum atomic E-state index is 13.5. The second-order valence-electron chi connectivity index (χ2n) is 11.1. The molecule has 2 aromatic carbocycles. The van der Waals surface area contributed by atoms with Gasteiger partial charge in [0.25, 0.3) is 5.91 Å². The molecule has 234 valence electrons. The summed E-state index contributed by atoms with van der Waals surface area (Å²) in [5.74, 6) is 0.744. The highest BCUT2D eigenvalue weighted by molar-refractivity contribution is 7.91. The van der Waals surface area contributed by atoms with E-state index in [0.29, 0.717) is 61.6 Å². The number of nitrogens with one attached hydrogen (secondary N) is 2. The SMILES string of the molecule is CCCS(=O)(=O)c1ccccc1Nc1nc(Nc2cc3c(cc2OC(C)C)CN(C2CCN(C(=O)O)CC2)C3=O)ncc1Cl. The van der Waals surface area contributed by atoms with Gasteiger partial charge in [-0.3, -0.25) is 4.79 Å². The van der Waals surface area contributed by atoms with Crippen LogP contribution in [0.15, 0.2) is 47.5 Å². The molecule has 0 spiro atoms. The van der Waals surface area contributed by atoms with Crippen LogP contribution >= 0.6 is 11.6 Å². The van der Waals surface area contributed by atoms with Gasteiger partial charge in [0.2, 0.25) is 5.95 Å². The van der Waals surface area contributed by atoms with E-state index in [-0.39, 0.29) is 45.5 Å². The van der Waals surface area contributed by atoms with E-state index >= 15 is 0 Å². The van der Waals surface area contributed by atoms with Crippen LogP contribution in [0.25, 0.3) is 0 Å². The lowest BCUT2D eigenvalue weighted by Gasteiger charge is -2.35. The molecule has 0 atom stereocenters. The number of hydrogen-bond donors (Lipinski definition) is 3. The molecule has 3 aromatic rings. The largest absolute Gasteiger partial charge is 0.489 e. The number of benzene rings is 2. The molecular formula is C30H35ClN6O6S. The lowest BCUT2D eigenvalue weighted by atomic mass is 10.0. The average molecular weight is 643 g/mol. The lowest BCUT2D eigenvalue weighted by molar-refractivity contribution is 0.0597. The van der Waals surface area contributed by atoms with E-state index in [1.807, 2.05) is 19.9 Å². The Bertz CT molecular complexity index is 1680. The summed E-state index contributed by atoms with van der Waals surface area (Å²) >= 11 is 6.41. The van der Waals surface area contributed by atoms with Crippen molar-refractivity contribution in [2.24, 2.45) is 0 Å². The first-order valence-electron chi connectivity index (χ1n) is 14.5. The van der Waals surface area contributed by atoms with Gasteiger partial charge >= 0.3 is 6.09 Å². The molecule has 0 unspecified atom stereocenters. The molecule has 0 radical (unpaired) electrons. The van der Waals surface area contributed by atoms with Gasteiger partial charge in [-0.15, -0.1) is 0 Å². The molecule has 2 aliphatic heterocycles. The smallest absolute Gasteiger partial charge is 0.407 e. The average Bonchev–Trinajstić information content (AvgIpc) is 3.29. The normalized spacial score (nSPS) is 15.4. The van der Waals surface area contributed by atoms with Crippen molar-refractivity contribution in [3.63, 3.8) is 0 Å². The predicted molar refractivity (Wildman–Crippen MR) is 167 cm³/mol. The number of piperidine rings is 1. The fraction of sp³-hybridized carbons (Fsp3) is 0.400. The van der Waals surface area contributed by atoms with Crippen LogP contribution < -0.4 is 15.4 Å². The fourth-order valence-electron chi connectivity index (χ4n) is 5.46. The molecule has 3 N–H and O–H groups in total. The van der Waals surface area contributed by atoms with Gasteiger partial charge < -0.3 is 30.3 Å². The van der Waals surface area contributed by atoms with Crippen molar-refractivity contribution >= 4 is 56.6 Å². The predicted octanol–water partition coefficient (Wildman–Crippen LogP) is 5.69. The molecule has 14 heteroatoms. The van der Waals surface area contributed by atoms with Gasteiger partial charge in [-0.05, 0) is 62.9 Å². The summed E-state index contributed by atoms with van der Waals surface area (Å²) in [5.41, 5.74) is 2.16. The Balaban J connectivity index is 1.41. The van der Waals surface area contributed by atoms with E-state index in [4.69, 9.17) is 16.3 Å². The number of carboxylic acid groups (broad SMARTS) is 1. The second-order valence-corrected chi connectivity index (χ2v) is 13.5. The zero-order valence-electron chi connectivity index (χ0n) is 24.7. The van der Waals surface area contributed by atoms with E-state index in [9.17, 15) is 23.1 Å². The Kier molecular flexibility index (Phi) is 9.16. The Labute approximate surface area is 261 Å². The van der Waals surface area contributed by atoms with Crippen LogP contribution in [-0.2, 0) is 16.4 Å². The molecule has 44 heavy (non-hydrogen) atoms. The van der Waals surface area contributed by atoms with Gasteiger partial charge in [0, 0.05) is 31.2 Å². The molecular weight excluding hydrogens is 608 g/mol. The van der Waals surface area contributed by atoms with Crippen molar-refractivity contribution in [3.05, 3.63) is 58.7 Å². The number of para-hydroxylation sites is 1. The van der Waals surface area contributed by atoms with Crippen molar-refractivity contribution in [2.45, 2.75) is 63.6 Å². The number of halogens is 1. The molecule has 0 aliphatic carbocycles. The van der Waals surface area contributed by atoms with Crippen LogP contribution in [0.3, 0.4) is 0 Å². The quantitative estimate of drug-likeness (QED) is 0.251. The number of nitrogens with zero attached hydrogens (tertiary/aromatic N) is 4. The van der Waals surface area contributed by atoms with Gasteiger partial charge in [0.15, 0.2) is 15.7 Å². The third kappa shape index (κ3) is 6.68. The van der Waals surface area contributed by atoms with Crippen LogP contribution in [0, 0.1) is 0 Å². The first kappa shape index (κ1) is 31.3. The molecule has 5 rings (SSSR count). The van der Waals surface area contributed by atoms with Gasteiger partial charge in [0.1, 0.15) is 10.8 Å². The van der Waals surface area contributed by atoms with Gasteiger partial charge in [-0.25, -0.2) is 18.2 Å². The number of aromatic nitrogens is 2. The highest BCUT2D eigenvalue weighted by atomic mass is 35.5. The molecule has 1 fully saturated rings. The van der Waals surface area contributed by atoms with Crippen molar-refractivity contribution < 1.29 is 27.9 Å². The van der Waals surface area contributed by atoms with E-state index in [0.717, 1.165) is 5.56 Å². The number of likely N-dealkylation sites (tertiary alicyclic amines) is 1. The number of ether oxygens (including phenoxy) is 1. The highest BCUT2D eigenvalue weighted by Gasteiger charge is 2.36. The van der Waals surface area contributed by atoms with Crippen LogP contribution in [0.4, 0.5) is 27.9 Å². The van der Waals surface area contributed by atoms with Crippen LogP contribution in [0.5, 0.6) is 5.75 Å². The molecule has 12 nitrogen and oxygen atoms in total. The van der Waals surface area contributed by atoms with Crippen LogP contribution in [0.1, 0.15) is 56.0 Å². The maximum Gasteiger partial charge on any atom is 0.407 e. The first-order chi connectivity index (χ1) is 21.0. The summed E-state index contributed by atoms with van der Waals surface area (Å²) < 4.78 is 31.8. The molecule has 0 bridgehead atoms. The van der Waals surface area contributed by atoms with Gasteiger partial charge in [-0.1, -0.05) is 30.7 Å². The number of carbonyl (C=O) groups excluding carboxylic acids is 1. The fourth-order valence-corrected chi connectivity index (χ4v) is 7.09. The monoisotopic (exact) mass is 642 g/mol. The minimum absolute atomic E-state index is 0.00460. The highest BCUT2D eigenvalue weighted by Crippen LogP contribution is 2.38. The summed E-state index contributed by atoms with van der Waals surface area (Å²) in [6, 6.07) is 10.1. The summed E-state index contributed by atoms with van der Waals surface area (Å²) in [6.45, 7) is 6.78. The summed E-state index contributed by atoms with van der Waals surface area (Å²) in [7, 11) is -3.53. The molecule has 1 aromatic heterocycles. The van der Waals surface area contributed by atoms with Crippen LogP contribution in [0.2, 0.25) is 5.02 Å². The van der Waals surface area contributed by atoms with Crippen molar-refractivity contribution in [1.29, 1.82) is 0 Å². The zero-order valence-corrected chi connectivity index (χ0v) is 26.3. The number of anilines is 4. The lowest BCUT2D eigenvalue weighted by Crippen LogP contribution is -2.46. The van der Waals surface area contributed by atoms with Crippen LogP contribution in [-0.4, -0.2) is 76.3 Å². The number of fused-ring (bicyclic) bond motifs is 1. The standard InChI is InChI=1S/C30H35ClN6O6S/c1-4-13-44(41,42)26-8-6-5-7-23(26)33-27-22(31)16-32-29(35-27)34-24-15-21-19(14-25(24)43-18(2)3)17-37(28(21)38)20-9-11-36(12-10-20)30(39)40/h5-8,14-16,18,20H,4,9-13,17H2,1-3H3,(H,39,40)(H2,32,33,34,35). The second kappa shape index (κ2) is 12.9. The zero-order chi connectivity index (χ0) is 31.6. The van der Waals surface area contributed by atoms with Crippen molar-refractivity contribution in [1.82, 2.24) is 19.8 Å². The van der Waals surface area contributed by atoms with Crippen molar-refractivity contribution in [2.75, 3.05) is 29.5 Å². The third-order valence-electron chi connectivity index (χ3n) is 7.51.